The van der Waals surface area contributed by atoms with Gasteiger partial charge in [0.2, 0.25) is 0 Å². The third-order valence-corrected chi connectivity index (χ3v) is 3.14. The minimum atomic E-state index is -0.171. The van der Waals surface area contributed by atoms with Crippen LogP contribution in [-0.4, -0.2) is 12.1 Å². The SMILES string of the molecule is Cc1ccc(C(=O)NN=Cc2ccccc2)s1. The summed E-state index contributed by atoms with van der Waals surface area (Å²) in [5.41, 5.74) is 3.46. The van der Waals surface area contributed by atoms with E-state index in [0.717, 1.165) is 10.4 Å². The molecule has 0 aliphatic heterocycles. The zero-order valence-corrected chi connectivity index (χ0v) is 10.2. The molecule has 0 fully saturated rings. The van der Waals surface area contributed by atoms with Crippen LogP contribution >= 0.6 is 11.3 Å². The number of rotatable bonds is 3. The molecular weight excluding hydrogens is 232 g/mol. The standard InChI is InChI=1S/C13H12N2OS/c1-10-7-8-12(17-10)13(16)15-14-9-11-5-3-2-4-6-11/h2-9H,1H3,(H,15,16). The van der Waals surface area contributed by atoms with E-state index in [2.05, 4.69) is 10.5 Å². The molecule has 17 heavy (non-hydrogen) atoms. The first-order valence-corrected chi connectivity index (χ1v) is 6.02. The van der Waals surface area contributed by atoms with E-state index < -0.39 is 0 Å². The minimum Gasteiger partial charge on any atom is -0.266 e. The van der Waals surface area contributed by atoms with Gasteiger partial charge in [0, 0.05) is 4.88 Å². The summed E-state index contributed by atoms with van der Waals surface area (Å²) in [7, 11) is 0. The Labute approximate surface area is 104 Å². The van der Waals surface area contributed by atoms with Gasteiger partial charge >= 0.3 is 0 Å². The van der Waals surface area contributed by atoms with Gasteiger partial charge in [0.25, 0.3) is 5.91 Å². The Kier molecular flexibility index (Phi) is 3.67. The summed E-state index contributed by atoms with van der Waals surface area (Å²) in [6.07, 6.45) is 1.62. The lowest BCUT2D eigenvalue weighted by molar-refractivity contribution is 0.0959. The fourth-order valence-electron chi connectivity index (χ4n) is 1.32. The lowest BCUT2D eigenvalue weighted by atomic mass is 10.2. The summed E-state index contributed by atoms with van der Waals surface area (Å²) in [6.45, 7) is 1.97. The molecule has 0 radical (unpaired) electrons. The van der Waals surface area contributed by atoms with Gasteiger partial charge in [0.15, 0.2) is 0 Å². The molecule has 1 N–H and O–H groups in total. The number of hydrogen-bond donors (Lipinski definition) is 1. The van der Waals surface area contributed by atoms with Crippen molar-refractivity contribution in [3.05, 3.63) is 57.8 Å². The predicted molar refractivity (Wildman–Crippen MR) is 70.6 cm³/mol. The lowest BCUT2D eigenvalue weighted by Gasteiger charge is -1.95. The van der Waals surface area contributed by atoms with Gasteiger partial charge < -0.3 is 0 Å². The molecule has 3 nitrogen and oxygen atoms in total. The molecule has 0 spiro atoms. The summed E-state index contributed by atoms with van der Waals surface area (Å²) < 4.78 is 0. The first-order chi connectivity index (χ1) is 8.25. The number of amides is 1. The van der Waals surface area contributed by atoms with E-state index in [1.165, 1.54) is 11.3 Å². The Hall–Kier alpha value is -1.94. The smallest absolute Gasteiger partial charge is 0.266 e. The highest BCUT2D eigenvalue weighted by molar-refractivity contribution is 7.13. The molecule has 4 heteroatoms. The van der Waals surface area contributed by atoms with Crippen molar-refractivity contribution in [1.29, 1.82) is 0 Å². The second kappa shape index (κ2) is 5.41. The molecule has 0 saturated carbocycles. The molecule has 2 aromatic rings. The quantitative estimate of drug-likeness (QED) is 0.654. The molecule has 1 aromatic heterocycles. The number of aryl methyl sites for hydroxylation is 1. The van der Waals surface area contributed by atoms with Gasteiger partial charge in [-0.3, -0.25) is 4.79 Å². The first-order valence-electron chi connectivity index (χ1n) is 5.20. The Bertz CT molecular complexity index is 531. The van der Waals surface area contributed by atoms with E-state index in [1.807, 2.05) is 43.3 Å². The third kappa shape index (κ3) is 3.26. The fraction of sp³-hybridized carbons (Fsp3) is 0.0769. The number of hydrogen-bond acceptors (Lipinski definition) is 3. The van der Waals surface area contributed by atoms with Gasteiger partial charge in [-0.25, -0.2) is 5.43 Å². The van der Waals surface area contributed by atoms with Gasteiger partial charge in [-0.15, -0.1) is 11.3 Å². The van der Waals surface area contributed by atoms with Crippen LogP contribution in [0.15, 0.2) is 47.6 Å². The van der Waals surface area contributed by atoms with Crippen LogP contribution in [0.25, 0.3) is 0 Å². The van der Waals surface area contributed by atoms with E-state index in [1.54, 1.807) is 12.3 Å². The maximum atomic E-state index is 11.6. The largest absolute Gasteiger partial charge is 0.281 e. The molecule has 0 atom stereocenters. The van der Waals surface area contributed by atoms with Gasteiger partial charge in [-0.05, 0) is 24.6 Å². The Morgan fingerprint density at radius 1 is 1.24 bits per heavy atom. The van der Waals surface area contributed by atoms with Crippen molar-refractivity contribution in [2.45, 2.75) is 6.92 Å². The third-order valence-electron chi connectivity index (χ3n) is 2.14. The highest BCUT2D eigenvalue weighted by Crippen LogP contribution is 2.14. The second-order valence-electron chi connectivity index (χ2n) is 3.52. The Balaban J connectivity index is 1.95. The summed E-state index contributed by atoms with van der Waals surface area (Å²) in [5, 5.41) is 3.91. The molecule has 86 valence electrons. The zero-order chi connectivity index (χ0) is 12.1. The van der Waals surface area contributed by atoms with Gasteiger partial charge in [0.05, 0.1) is 11.1 Å². The molecular formula is C13H12N2OS. The summed E-state index contributed by atoms with van der Waals surface area (Å²) >= 11 is 1.46. The second-order valence-corrected chi connectivity index (χ2v) is 4.81. The summed E-state index contributed by atoms with van der Waals surface area (Å²) in [5.74, 6) is -0.171. The molecule has 2 rings (SSSR count). The maximum Gasteiger partial charge on any atom is 0.281 e. The van der Waals surface area contributed by atoms with Crippen LogP contribution in [-0.2, 0) is 0 Å². The van der Waals surface area contributed by atoms with E-state index in [9.17, 15) is 4.79 Å². The van der Waals surface area contributed by atoms with E-state index in [4.69, 9.17) is 0 Å². The normalized spacial score (nSPS) is 10.6. The van der Waals surface area contributed by atoms with Crippen LogP contribution < -0.4 is 5.43 Å². The number of carbonyl (C=O) groups excluding carboxylic acids is 1. The maximum absolute atomic E-state index is 11.6. The number of hydrazone groups is 1. The molecule has 0 unspecified atom stereocenters. The number of benzene rings is 1. The van der Waals surface area contributed by atoms with Gasteiger partial charge in [-0.1, -0.05) is 30.3 Å². The average Bonchev–Trinajstić information content (AvgIpc) is 2.77. The van der Waals surface area contributed by atoms with Gasteiger partial charge in [-0.2, -0.15) is 5.10 Å². The summed E-state index contributed by atoms with van der Waals surface area (Å²) in [6, 6.07) is 13.3. The number of nitrogens with one attached hydrogen (secondary N) is 1. The Morgan fingerprint density at radius 2 is 2.00 bits per heavy atom. The zero-order valence-electron chi connectivity index (χ0n) is 9.38. The molecule has 0 bridgehead atoms. The molecule has 0 saturated heterocycles. The van der Waals surface area contributed by atoms with Crippen LogP contribution in [0.2, 0.25) is 0 Å². The topological polar surface area (TPSA) is 41.5 Å². The van der Waals surface area contributed by atoms with Crippen molar-refractivity contribution in [1.82, 2.24) is 5.43 Å². The van der Waals surface area contributed by atoms with Crippen molar-refractivity contribution < 1.29 is 4.79 Å². The number of thiophene rings is 1. The van der Waals surface area contributed by atoms with Crippen LogP contribution in [0.1, 0.15) is 20.1 Å². The van der Waals surface area contributed by atoms with Crippen LogP contribution in [0.3, 0.4) is 0 Å². The Morgan fingerprint density at radius 3 is 2.65 bits per heavy atom. The predicted octanol–water partition coefficient (Wildman–Crippen LogP) is 2.82. The van der Waals surface area contributed by atoms with E-state index in [-0.39, 0.29) is 5.91 Å². The molecule has 1 amide bonds. The van der Waals surface area contributed by atoms with Crippen molar-refractivity contribution >= 4 is 23.5 Å². The molecule has 1 aromatic carbocycles. The highest BCUT2D eigenvalue weighted by Gasteiger charge is 2.05. The van der Waals surface area contributed by atoms with Crippen molar-refractivity contribution in [3.8, 4) is 0 Å². The lowest BCUT2D eigenvalue weighted by Crippen LogP contribution is -2.16. The molecule has 1 heterocycles. The average molecular weight is 244 g/mol. The van der Waals surface area contributed by atoms with E-state index >= 15 is 0 Å². The molecule has 0 aliphatic carbocycles. The van der Waals surface area contributed by atoms with Crippen molar-refractivity contribution in [2.24, 2.45) is 5.10 Å². The molecule has 0 aliphatic rings. The minimum absolute atomic E-state index is 0.171. The van der Waals surface area contributed by atoms with Crippen molar-refractivity contribution in [3.63, 3.8) is 0 Å². The van der Waals surface area contributed by atoms with Crippen molar-refractivity contribution in [2.75, 3.05) is 0 Å². The van der Waals surface area contributed by atoms with Crippen LogP contribution in [0.4, 0.5) is 0 Å². The number of carbonyl (C=O) groups is 1. The van der Waals surface area contributed by atoms with E-state index in [0.29, 0.717) is 4.88 Å². The number of nitrogens with zero attached hydrogens (tertiary/aromatic N) is 1. The fourth-order valence-corrected chi connectivity index (χ4v) is 2.07. The first kappa shape index (κ1) is 11.5. The van der Waals surface area contributed by atoms with Gasteiger partial charge in [0.1, 0.15) is 0 Å². The monoisotopic (exact) mass is 244 g/mol. The summed E-state index contributed by atoms with van der Waals surface area (Å²) in [4.78, 5) is 13.4. The highest BCUT2D eigenvalue weighted by atomic mass is 32.1. The van der Waals surface area contributed by atoms with Crippen LogP contribution in [0, 0.1) is 6.92 Å². The van der Waals surface area contributed by atoms with Crippen LogP contribution in [0.5, 0.6) is 0 Å².